The summed E-state index contributed by atoms with van der Waals surface area (Å²) in [6, 6.07) is 3.48. The zero-order valence-corrected chi connectivity index (χ0v) is 15.5. The summed E-state index contributed by atoms with van der Waals surface area (Å²) in [7, 11) is -3.42. The number of nitrogens with one attached hydrogen (secondary N) is 1. The molecule has 3 rings (SSSR count). The topological polar surface area (TPSA) is 75.7 Å². The van der Waals surface area contributed by atoms with E-state index in [1.807, 2.05) is 13.0 Å². The van der Waals surface area contributed by atoms with Gasteiger partial charge in [0, 0.05) is 37.0 Å². The third-order valence-electron chi connectivity index (χ3n) is 4.66. The highest BCUT2D eigenvalue weighted by Crippen LogP contribution is 2.28. The molecule has 6 nitrogen and oxygen atoms in total. The van der Waals surface area contributed by atoms with E-state index in [0.717, 1.165) is 24.3 Å². The lowest BCUT2D eigenvalue weighted by atomic mass is 9.97. The predicted octanol–water partition coefficient (Wildman–Crippen LogP) is 1.75. The monoisotopic (exact) mass is 372 g/mol. The number of amides is 1. The quantitative estimate of drug-likeness (QED) is 0.854. The van der Waals surface area contributed by atoms with E-state index in [4.69, 9.17) is 4.74 Å². The Hall–Kier alpha value is -0.960. The van der Waals surface area contributed by atoms with Crippen molar-refractivity contribution in [2.24, 2.45) is 5.92 Å². The molecule has 0 aliphatic carbocycles. The first kappa shape index (κ1) is 17.8. The molecule has 3 heterocycles. The second-order valence-electron chi connectivity index (χ2n) is 6.42. The molecular weight excluding hydrogens is 348 g/mol. The Balaban J connectivity index is 1.50. The second-order valence-corrected chi connectivity index (χ2v) is 9.88. The number of aryl methyl sites for hydroxylation is 1. The maximum absolute atomic E-state index is 12.6. The van der Waals surface area contributed by atoms with E-state index in [9.17, 15) is 13.2 Å². The Morgan fingerprint density at radius 1 is 1.33 bits per heavy atom. The third-order valence-corrected chi connectivity index (χ3v) is 8.03. The molecule has 1 atom stereocenters. The van der Waals surface area contributed by atoms with Crippen molar-refractivity contribution in [3.63, 3.8) is 0 Å². The molecule has 0 aromatic carbocycles. The van der Waals surface area contributed by atoms with E-state index >= 15 is 0 Å². The summed E-state index contributed by atoms with van der Waals surface area (Å²) in [4.78, 5) is 13.2. The number of thiophene rings is 1. The fourth-order valence-corrected chi connectivity index (χ4v) is 6.11. The standard InChI is InChI=1S/C16H24N2O4S2/c1-12-4-5-15(23-12)24(20,21)18-8-6-13(7-9-18)16(19)17-11-14-3-2-10-22-14/h4-5,13-14H,2-3,6-11H2,1H3,(H,17,19). The number of piperidine rings is 1. The van der Waals surface area contributed by atoms with Gasteiger partial charge in [-0.2, -0.15) is 4.31 Å². The Morgan fingerprint density at radius 3 is 2.67 bits per heavy atom. The van der Waals surface area contributed by atoms with Crippen molar-refractivity contribution in [2.75, 3.05) is 26.2 Å². The van der Waals surface area contributed by atoms with Crippen LogP contribution in [0.25, 0.3) is 0 Å². The first-order valence-corrected chi connectivity index (χ1v) is 10.7. The van der Waals surface area contributed by atoms with Crippen LogP contribution in [0.2, 0.25) is 0 Å². The van der Waals surface area contributed by atoms with Crippen LogP contribution in [0.15, 0.2) is 16.3 Å². The minimum atomic E-state index is -3.42. The molecule has 2 aliphatic heterocycles. The summed E-state index contributed by atoms with van der Waals surface area (Å²) in [5.41, 5.74) is 0. The molecule has 0 saturated carbocycles. The lowest BCUT2D eigenvalue weighted by molar-refractivity contribution is -0.126. The van der Waals surface area contributed by atoms with Crippen LogP contribution in [0.5, 0.6) is 0 Å². The van der Waals surface area contributed by atoms with Gasteiger partial charge in [-0.25, -0.2) is 8.42 Å². The Morgan fingerprint density at radius 2 is 2.08 bits per heavy atom. The Labute approximate surface area is 147 Å². The summed E-state index contributed by atoms with van der Waals surface area (Å²) in [5, 5.41) is 2.95. The molecule has 8 heteroatoms. The second kappa shape index (κ2) is 7.51. The fraction of sp³-hybridized carbons (Fsp3) is 0.688. The van der Waals surface area contributed by atoms with E-state index in [0.29, 0.717) is 36.7 Å². The van der Waals surface area contributed by atoms with E-state index in [-0.39, 0.29) is 17.9 Å². The van der Waals surface area contributed by atoms with Crippen molar-refractivity contribution in [2.45, 2.75) is 42.9 Å². The number of carbonyl (C=O) groups is 1. The van der Waals surface area contributed by atoms with Crippen LogP contribution in [-0.2, 0) is 19.6 Å². The molecule has 1 amide bonds. The molecule has 0 bridgehead atoms. The number of sulfonamides is 1. The molecule has 1 unspecified atom stereocenters. The number of hydrogen-bond acceptors (Lipinski definition) is 5. The van der Waals surface area contributed by atoms with Gasteiger partial charge in [-0.1, -0.05) is 0 Å². The van der Waals surface area contributed by atoms with Gasteiger partial charge in [-0.15, -0.1) is 11.3 Å². The highest BCUT2D eigenvalue weighted by atomic mass is 32.2. The molecule has 2 fully saturated rings. The third kappa shape index (κ3) is 3.99. The Bertz CT molecular complexity index is 672. The summed E-state index contributed by atoms with van der Waals surface area (Å²) >= 11 is 1.29. The van der Waals surface area contributed by atoms with Crippen molar-refractivity contribution >= 4 is 27.3 Å². The van der Waals surface area contributed by atoms with Gasteiger partial charge in [0.2, 0.25) is 5.91 Å². The Kier molecular flexibility index (Phi) is 5.59. The maximum atomic E-state index is 12.6. The van der Waals surface area contributed by atoms with E-state index < -0.39 is 10.0 Å². The number of carbonyl (C=O) groups excluding carboxylic acids is 1. The fourth-order valence-electron chi connectivity index (χ4n) is 3.20. The van der Waals surface area contributed by atoms with Crippen LogP contribution < -0.4 is 5.32 Å². The van der Waals surface area contributed by atoms with Gasteiger partial charge < -0.3 is 10.1 Å². The van der Waals surface area contributed by atoms with Crippen molar-refractivity contribution in [1.29, 1.82) is 0 Å². The normalized spacial score (nSPS) is 23.5. The van der Waals surface area contributed by atoms with E-state index in [1.54, 1.807) is 6.07 Å². The number of rotatable bonds is 5. The maximum Gasteiger partial charge on any atom is 0.252 e. The summed E-state index contributed by atoms with van der Waals surface area (Å²) in [6.07, 6.45) is 3.33. The predicted molar refractivity (Wildman–Crippen MR) is 92.5 cm³/mol. The van der Waals surface area contributed by atoms with E-state index in [1.165, 1.54) is 15.6 Å². The molecule has 0 radical (unpaired) electrons. The molecule has 0 spiro atoms. The number of hydrogen-bond donors (Lipinski definition) is 1. The van der Waals surface area contributed by atoms with Gasteiger partial charge in [0.1, 0.15) is 4.21 Å². The summed E-state index contributed by atoms with van der Waals surface area (Å²) in [6.45, 7) is 4.04. The molecule has 24 heavy (non-hydrogen) atoms. The molecule has 1 aromatic heterocycles. The SMILES string of the molecule is Cc1ccc(S(=O)(=O)N2CCC(C(=O)NCC3CCCO3)CC2)s1. The lowest BCUT2D eigenvalue weighted by Gasteiger charge is -2.30. The molecule has 2 saturated heterocycles. The van der Waals surface area contributed by atoms with Crippen LogP contribution in [-0.4, -0.2) is 51.0 Å². The van der Waals surface area contributed by atoms with Gasteiger partial charge in [0.05, 0.1) is 6.10 Å². The first-order chi connectivity index (χ1) is 11.5. The lowest BCUT2D eigenvalue weighted by Crippen LogP contribution is -2.44. The van der Waals surface area contributed by atoms with Crippen molar-refractivity contribution in [3.8, 4) is 0 Å². The van der Waals surface area contributed by atoms with Crippen LogP contribution in [0.1, 0.15) is 30.6 Å². The number of nitrogens with zero attached hydrogens (tertiary/aromatic N) is 1. The molecule has 134 valence electrons. The zero-order valence-electron chi connectivity index (χ0n) is 13.9. The number of ether oxygens (including phenoxy) is 1. The van der Waals surface area contributed by atoms with Crippen LogP contribution in [0.3, 0.4) is 0 Å². The van der Waals surface area contributed by atoms with Gasteiger partial charge >= 0.3 is 0 Å². The zero-order chi connectivity index (χ0) is 17.2. The molecule has 1 N–H and O–H groups in total. The van der Waals surface area contributed by atoms with Gasteiger partial charge in [-0.05, 0) is 44.7 Å². The minimum absolute atomic E-state index is 0.0227. The summed E-state index contributed by atoms with van der Waals surface area (Å²) in [5.74, 6) is -0.0857. The first-order valence-electron chi connectivity index (χ1n) is 8.43. The van der Waals surface area contributed by atoms with E-state index in [2.05, 4.69) is 5.32 Å². The van der Waals surface area contributed by atoms with Crippen molar-refractivity contribution < 1.29 is 17.9 Å². The minimum Gasteiger partial charge on any atom is -0.376 e. The van der Waals surface area contributed by atoms with Crippen LogP contribution in [0, 0.1) is 12.8 Å². The molecule has 2 aliphatic rings. The average Bonchev–Trinajstić information content (AvgIpc) is 3.24. The largest absolute Gasteiger partial charge is 0.376 e. The summed E-state index contributed by atoms with van der Waals surface area (Å²) < 4.78 is 32.6. The van der Waals surface area contributed by atoms with Gasteiger partial charge in [0.15, 0.2) is 0 Å². The van der Waals surface area contributed by atoms with Crippen LogP contribution in [0.4, 0.5) is 0 Å². The van der Waals surface area contributed by atoms with Crippen molar-refractivity contribution in [1.82, 2.24) is 9.62 Å². The molecule has 1 aromatic rings. The van der Waals surface area contributed by atoms with Gasteiger partial charge in [0.25, 0.3) is 10.0 Å². The van der Waals surface area contributed by atoms with Gasteiger partial charge in [-0.3, -0.25) is 4.79 Å². The molecular formula is C16H24N2O4S2. The van der Waals surface area contributed by atoms with Crippen LogP contribution >= 0.6 is 11.3 Å². The average molecular weight is 373 g/mol. The van der Waals surface area contributed by atoms with Crippen molar-refractivity contribution in [3.05, 3.63) is 17.0 Å². The highest BCUT2D eigenvalue weighted by Gasteiger charge is 2.33. The highest BCUT2D eigenvalue weighted by molar-refractivity contribution is 7.91. The smallest absolute Gasteiger partial charge is 0.252 e.